The first-order chi connectivity index (χ1) is 9.65. The molecule has 2 rings (SSSR count). The molecule has 1 heterocycles. The van der Waals surface area contributed by atoms with E-state index in [1.165, 1.54) is 0 Å². The Kier molecular flexibility index (Phi) is 7.59. The molecule has 1 aliphatic heterocycles. The van der Waals surface area contributed by atoms with Gasteiger partial charge in [-0.15, -0.1) is 0 Å². The van der Waals surface area contributed by atoms with E-state index in [1.54, 1.807) is 6.07 Å². The Balaban J connectivity index is 0.000000956. The van der Waals surface area contributed by atoms with Gasteiger partial charge < -0.3 is 10.1 Å². The molecule has 4 nitrogen and oxygen atoms in total. The van der Waals surface area contributed by atoms with Crippen LogP contribution in [0.5, 0.6) is 0 Å². The fraction of sp³-hybridized carbons (Fsp3) is 0.533. The van der Waals surface area contributed by atoms with E-state index in [0.29, 0.717) is 24.8 Å². The molecule has 1 aliphatic rings. The lowest BCUT2D eigenvalue weighted by Gasteiger charge is -2.25. The summed E-state index contributed by atoms with van der Waals surface area (Å²) in [6.45, 7) is 9.34. The predicted octanol–water partition coefficient (Wildman–Crippen LogP) is 2.95. The van der Waals surface area contributed by atoms with Crippen LogP contribution in [0, 0.1) is 6.92 Å². The van der Waals surface area contributed by atoms with E-state index in [-0.39, 0.29) is 5.91 Å². The number of amides is 1. The molecule has 1 saturated heterocycles. The molecule has 1 N–H and O–H groups in total. The topological polar surface area (TPSA) is 41.6 Å². The van der Waals surface area contributed by atoms with Crippen molar-refractivity contribution >= 4 is 23.2 Å². The number of morpholine rings is 1. The number of hydrogen-bond donors (Lipinski definition) is 1. The van der Waals surface area contributed by atoms with Crippen LogP contribution < -0.4 is 5.32 Å². The maximum Gasteiger partial charge on any atom is 0.238 e. The molecule has 0 unspecified atom stereocenters. The van der Waals surface area contributed by atoms with E-state index >= 15 is 0 Å². The third-order valence-corrected chi connectivity index (χ3v) is 3.33. The van der Waals surface area contributed by atoms with Crippen molar-refractivity contribution in [1.82, 2.24) is 4.90 Å². The Hall–Kier alpha value is -1.10. The summed E-state index contributed by atoms with van der Waals surface area (Å²) in [5, 5.41) is 3.52. The van der Waals surface area contributed by atoms with Crippen LogP contribution in [-0.4, -0.2) is 43.7 Å². The lowest BCUT2D eigenvalue weighted by molar-refractivity contribution is -0.118. The van der Waals surface area contributed by atoms with Crippen molar-refractivity contribution in [2.45, 2.75) is 20.8 Å². The number of hydrogen-bond acceptors (Lipinski definition) is 3. The molecular formula is C15H23ClN2O2. The first-order valence-electron chi connectivity index (χ1n) is 7.01. The van der Waals surface area contributed by atoms with Crippen LogP contribution in [0.15, 0.2) is 18.2 Å². The van der Waals surface area contributed by atoms with Gasteiger partial charge in [0.25, 0.3) is 0 Å². The van der Waals surface area contributed by atoms with Gasteiger partial charge in [-0.3, -0.25) is 9.69 Å². The van der Waals surface area contributed by atoms with Crippen molar-refractivity contribution in [2.24, 2.45) is 0 Å². The number of benzene rings is 1. The molecule has 5 heteroatoms. The summed E-state index contributed by atoms with van der Waals surface area (Å²) < 4.78 is 5.24. The van der Waals surface area contributed by atoms with Gasteiger partial charge in [0.15, 0.2) is 0 Å². The number of halogens is 1. The second kappa shape index (κ2) is 8.95. The molecule has 1 fully saturated rings. The van der Waals surface area contributed by atoms with E-state index in [2.05, 4.69) is 10.2 Å². The number of nitrogens with zero attached hydrogens (tertiary/aromatic N) is 1. The number of ether oxygens (including phenoxy) is 1. The SMILES string of the molecule is CC.Cc1ccc(NC(=O)CN2CCOCC2)cc1Cl. The second-order valence-electron chi connectivity index (χ2n) is 4.40. The lowest BCUT2D eigenvalue weighted by atomic mass is 10.2. The molecule has 1 aromatic carbocycles. The molecule has 20 heavy (non-hydrogen) atoms. The Bertz CT molecular complexity index is 432. The van der Waals surface area contributed by atoms with Gasteiger partial charge in [-0.25, -0.2) is 0 Å². The molecule has 0 aromatic heterocycles. The van der Waals surface area contributed by atoms with Crippen LogP contribution in [0.3, 0.4) is 0 Å². The quantitative estimate of drug-likeness (QED) is 0.933. The minimum absolute atomic E-state index is 0.0168. The van der Waals surface area contributed by atoms with Gasteiger partial charge >= 0.3 is 0 Å². The number of nitrogens with one attached hydrogen (secondary N) is 1. The number of carbonyl (C=O) groups excluding carboxylic acids is 1. The first kappa shape index (κ1) is 17.0. The van der Waals surface area contributed by atoms with Crippen molar-refractivity contribution in [2.75, 3.05) is 38.2 Å². The molecule has 1 aromatic rings. The Morgan fingerprint density at radius 2 is 2.00 bits per heavy atom. The number of rotatable bonds is 3. The van der Waals surface area contributed by atoms with Gasteiger partial charge in [0.1, 0.15) is 0 Å². The lowest BCUT2D eigenvalue weighted by Crippen LogP contribution is -2.41. The molecule has 0 radical (unpaired) electrons. The highest BCUT2D eigenvalue weighted by Crippen LogP contribution is 2.19. The largest absolute Gasteiger partial charge is 0.379 e. The van der Waals surface area contributed by atoms with Crippen LogP contribution in [0.25, 0.3) is 0 Å². The van der Waals surface area contributed by atoms with Crippen molar-refractivity contribution in [3.8, 4) is 0 Å². The Morgan fingerprint density at radius 1 is 1.35 bits per heavy atom. The first-order valence-corrected chi connectivity index (χ1v) is 7.39. The summed E-state index contributed by atoms with van der Waals surface area (Å²) in [7, 11) is 0. The van der Waals surface area contributed by atoms with Gasteiger partial charge in [-0.2, -0.15) is 0 Å². The summed E-state index contributed by atoms with van der Waals surface area (Å²) in [4.78, 5) is 13.9. The number of carbonyl (C=O) groups is 1. The minimum Gasteiger partial charge on any atom is -0.379 e. The highest BCUT2D eigenvalue weighted by molar-refractivity contribution is 6.31. The summed E-state index contributed by atoms with van der Waals surface area (Å²) in [5.74, 6) is -0.0168. The van der Waals surface area contributed by atoms with Gasteiger partial charge in [-0.05, 0) is 24.6 Å². The van der Waals surface area contributed by atoms with E-state index in [1.807, 2.05) is 32.9 Å². The molecule has 0 bridgehead atoms. The van der Waals surface area contributed by atoms with Gasteiger partial charge in [-0.1, -0.05) is 31.5 Å². The Labute approximate surface area is 126 Å². The monoisotopic (exact) mass is 298 g/mol. The zero-order valence-electron chi connectivity index (χ0n) is 12.4. The summed E-state index contributed by atoms with van der Waals surface area (Å²) >= 11 is 6.01. The van der Waals surface area contributed by atoms with E-state index in [0.717, 1.165) is 24.3 Å². The zero-order chi connectivity index (χ0) is 15.0. The van der Waals surface area contributed by atoms with Gasteiger partial charge in [0.05, 0.1) is 19.8 Å². The third kappa shape index (κ3) is 5.49. The summed E-state index contributed by atoms with van der Waals surface area (Å²) in [6.07, 6.45) is 0. The molecule has 1 amide bonds. The smallest absolute Gasteiger partial charge is 0.238 e. The average Bonchev–Trinajstić information content (AvgIpc) is 2.46. The molecule has 0 aliphatic carbocycles. The highest BCUT2D eigenvalue weighted by Gasteiger charge is 2.14. The zero-order valence-corrected chi connectivity index (χ0v) is 13.2. The molecule has 112 valence electrons. The average molecular weight is 299 g/mol. The van der Waals surface area contributed by atoms with Crippen LogP contribution in [-0.2, 0) is 9.53 Å². The van der Waals surface area contributed by atoms with Crippen LogP contribution in [0.2, 0.25) is 5.02 Å². The molecule has 0 saturated carbocycles. The molecule has 0 spiro atoms. The van der Waals surface area contributed by atoms with Crippen molar-refractivity contribution in [1.29, 1.82) is 0 Å². The Morgan fingerprint density at radius 3 is 2.60 bits per heavy atom. The fourth-order valence-corrected chi connectivity index (χ4v) is 2.01. The number of anilines is 1. The molecule has 0 atom stereocenters. The maximum atomic E-state index is 11.8. The second-order valence-corrected chi connectivity index (χ2v) is 4.81. The summed E-state index contributed by atoms with van der Waals surface area (Å²) in [5.41, 5.74) is 1.74. The van der Waals surface area contributed by atoms with E-state index in [9.17, 15) is 4.79 Å². The highest BCUT2D eigenvalue weighted by atomic mass is 35.5. The van der Waals surface area contributed by atoms with Crippen LogP contribution in [0.1, 0.15) is 19.4 Å². The summed E-state index contributed by atoms with van der Waals surface area (Å²) in [6, 6.07) is 5.53. The normalized spacial score (nSPS) is 15.2. The van der Waals surface area contributed by atoms with Crippen molar-refractivity contribution in [3.05, 3.63) is 28.8 Å². The van der Waals surface area contributed by atoms with Crippen LogP contribution in [0.4, 0.5) is 5.69 Å². The maximum absolute atomic E-state index is 11.8. The van der Waals surface area contributed by atoms with Crippen LogP contribution >= 0.6 is 11.6 Å². The fourth-order valence-electron chi connectivity index (χ4n) is 1.83. The molecular weight excluding hydrogens is 276 g/mol. The third-order valence-electron chi connectivity index (χ3n) is 2.93. The van der Waals surface area contributed by atoms with Crippen molar-refractivity contribution < 1.29 is 9.53 Å². The van der Waals surface area contributed by atoms with E-state index < -0.39 is 0 Å². The number of aryl methyl sites for hydroxylation is 1. The minimum atomic E-state index is -0.0168. The standard InChI is InChI=1S/C13H17ClN2O2.C2H6/c1-10-2-3-11(8-12(10)14)15-13(17)9-16-4-6-18-7-5-16;1-2/h2-3,8H,4-7,9H2,1H3,(H,15,17);1-2H3. The van der Waals surface area contributed by atoms with Gasteiger partial charge in [0, 0.05) is 23.8 Å². The van der Waals surface area contributed by atoms with Gasteiger partial charge in [0.2, 0.25) is 5.91 Å². The van der Waals surface area contributed by atoms with Crippen molar-refractivity contribution in [3.63, 3.8) is 0 Å². The van der Waals surface area contributed by atoms with E-state index in [4.69, 9.17) is 16.3 Å². The predicted molar refractivity (Wildman–Crippen MR) is 83.4 cm³/mol.